The Morgan fingerprint density at radius 3 is 2.41 bits per heavy atom. The van der Waals surface area contributed by atoms with Gasteiger partial charge in [0.15, 0.2) is 9.84 Å². The highest BCUT2D eigenvalue weighted by Crippen LogP contribution is 2.34. The molecule has 0 bridgehead atoms. The van der Waals surface area contributed by atoms with Crippen LogP contribution in [-0.2, 0) is 27.3 Å². The van der Waals surface area contributed by atoms with Gasteiger partial charge in [-0.05, 0) is 37.6 Å². The van der Waals surface area contributed by atoms with E-state index in [1.165, 1.54) is 10.6 Å². The number of ether oxygens (including phenoxy) is 1. The minimum Gasteiger partial charge on any atom is -0.462 e. The molecule has 148 valence electrons. The molecule has 0 fully saturated rings. The van der Waals surface area contributed by atoms with Crippen LogP contribution in [-0.4, -0.2) is 31.8 Å². The zero-order valence-corrected chi connectivity index (χ0v) is 15.7. The molecule has 0 aliphatic carbocycles. The highest BCUT2D eigenvalue weighted by atomic mass is 32.2. The molecule has 1 heterocycles. The Hall–Kier alpha value is -2.49. The Labute approximate surface area is 154 Å². The van der Waals surface area contributed by atoms with Gasteiger partial charge < -0.3 is 15.0 Å². The third kappa shape index (κ3) is 4.44. The predicted molar refractivity (Wildman–Crippen MR) is 93.2 cm³/mol. The van der Waals surface area contributed by atoms with Gasteiger partial charge >= 0.3 is 12.1 Å². The third-order valence-corrected chi connectivity index (χ3v) is 5.15. The summed E-state index contributed by atoms with van der Waals surface area (Å²) in [7, 11) is -3.80. The minimum absolute atomic E-state index is 0.0934. The standard InChI is InChI=1S/C17H19F3N2O4S/c1-4-26-16(23)13-8-15(21)22(10(13)2)9-11-5-6-12(27(3,24)25)7-14(11)17(18,19)20/h5-8H,4,9,21H2,1-3H3. The first-order chi connectivity index (χ1) is 12.4. The van der Waals surface area contributed by atoms with Crippen molar-refractivity contribution in [1.29, 1.82) is 0 Å². The topological polar surface area (TPSA) is 91.4 Å². The van der Waals surface area contributed by atoms with Crippen LogP contribution in [0.15, 0.2) is 29.2 Å². The third-order valence-electron chi connectivity index (χ3n) is 4.04. The fraction of sp³-hybridized carbons (Fsp3) is 0.353. The van der Waals surface area contributed by atoms with Gasteiger partial charge in [0, 0.05) is 18.5 Å². The van der Waals surface area contributed by atoms with Crippen molar-refractivity contribution in [2.24, 2.45) is 0 Å². The molecule has 0 unspecified atom stereocenters. The van der Waals surface area contributed by atoms with Crippen molar-refractivity contribution >= 4 is 21.6 Å². The van der Waals surface area contributed by atoms with E-state index in [9.17, 15) is 26.4 Å². The SMILES string of the molecule is CCOC(=O)c1cc(N)n(Cc2ccc(S(C)(=O)=O)cc2C(F)(F)F)c1C. The molecular formula is C17H19F3N2O4S. The van der Waals surface area contributed by atoms with Gasteiger partial charge in [0.05, 0.1) is 22.6 Å². The van der Waals surface area contributed by atoms with E-state index in [2.05, 4.69) is 0 Å². The summed E-state index contributed by atoms with van der Waals surface area (Å²) in [5.74, 6) is -0.528. The molecule has 0 saturated carbocycles. The Balaban J connectivity index is 2.54. The molecule has 2 aromatic rings. The van der Waals surface area contributed by atoms with Crippen LogP contribution < -0.4 is 5.73 Å². The van der Waals surface area contributed by atoms with Crippen molar-refractivity contribution in [2.75, 3.05) is 18.6 Å². The largest absolute Gasteiger partial charge is 0.462 e. The van der Waals surface area contributed by atoms with E-state index in [1.807, 2.05) is 0 Å². The van der Waals surface area contributed by atoms with Crippen LogP contribution in [0.25, 0.3) is 0 Å². The maximum atomic E-state index is 13.4. The smallest absolute Gasteiger partial charge is 0.416 e. The summed E-state index contributed by atoms with van der Waals surface area (Å²) in [4.78, 5) is 11.5. The summed E-state index contributed by atoms with van der Waals surface area (Å²) in [6.45, 7) is 3.04. The summed E-state index contributed by atoms with van der Waals surface area (Å²) >= 11 is 0. The van der Waals surface area contributed by atoms with Gasteiger partial charge in [-0.25, -0.2) is 13.2 Å². The number of sulfone groups is 1. The number of carbonyl (C=O) groups excluding carboxylic acids is 1. The molecule has 1 aromatic carbocycles. The Morgan fingerprint density at radius 2 is 1.89 bits per heavy atom. The van der Waals surface area contributed by atoms with Gasteiger partial charge in [0.25, 0.3) is 0 Å². The molecule has 2 N–H and O–H groups in total. The fourth-order valence-corrected chi connectivity index (χ4v) is 3.30. The van der Waals surface area contributed by atoms with E-state index < -0.39 is 32.4 Å². The average Bonchev–Trinajstić information content (AvgIpc) is 2.81. The molecule has 0 saturated heterocycles. The molecule has 0 amide bonds. The fourth-order valence-electron chi connectivity index (χ4n) is 2.65. The van der Waals surface area contributed by atoms with Crippen LogP contribution in [0.3, 0.4) is 0 Å². The van der Waals surface area contributed by atoms with Crippen molar-refractivity contribution in [3.05, 3.63) is 46.6 Å². The Morgan fingerprint density at radius 1 is 1.26 bits per heavy atom. The maximum Gasteiger partial charge on any atom is 0.416 e. The summed E-state index contributed by atoms with van der Waals surface area (Å²) in [6.07, 6.45) is -3.92. The zero-order valence-electron chi connectivity index (χ0n) is 14.9. The van der Waals surface area contributed by atoms with E-state index in [0.717, 1.165) is 18.4 Å². The quantitative estimate of drug-likeness (QED) is 0.774. The Bertz CT molecular complexity index is 979. The average molecular weight is 404 g/mol. The van der Waals surface area contributed by atoms with Crippen LogP contribution in [0.4, 0.5) is 19.0 Å². The molecule has 0 aliphatic heterocycles. The van der Waals surface area contributed by atoms with Crippen molar-refractivity contribution in [3.63, 3.8) is 0 Å². The molecule has 2 rings (SSSR count). The van der Waals surface area contributed by atoms with Crippen molar-refractivity contribution in [3.8, 4) is 0 Å². The summed E-state index contributed by atoms with van der Waals surface area (Å²) in [5, 5.41) is 0. The molecular weight excluding hydrogens is 385 g/mol. The Kier molecular flexibility index (Phi) is 5.60. The summed E-state index contributed by atoms with van der Waals surface area (Å²) in [6, 6.07) is 4.15. The van der Waals surface area contributed by atoms with E-state index in [4.69, 9.17) is 10.5 Å². The first-order valence-electron chi connectivity index (χ1n) is 7.89. The first-order valence-corrected chi connectivity index (χ1v) is 9.78. The highest BCUT2D eigenvalue weighted by Gasteiger charge is 2.34. The number of anilines is 1. The lowest BCUT2D eigenvalue weighted by molar-refractivity contribution is -0.138. The number of carbonyl (C=O) groups is 1. The normalized spacial score (nSPS) is 12.2. The first kappa shape index (κ1) is 20.8. The number of halogens is 3. The van der Waals surface area contributed by atoms with E-state index in [1.54, 1.807) is 13.8 Å². The zero-order chi connectivity index (χ0) is 20.6. The summed E-state index contributed by atoms with van der Waals surface area (Å²) < 4.78 is 69.8. The molecule has 0 spiro atoms. The number of hydrogen-bond acceptors (Lipinski definition) is 5. The van der Waals surface area contributed by atoms with E-state index in [-0.39, 0.29) is 30.1 Å². The van der Waals surface area contributed by atoms with E-state index >= 15 is 0 Å². The molecule has 1 aromatic heterocycles. The molecule has 27 heavy (non-hydrogen) atoms. The van der Waals surface area contributed by atoms with Crippen molar-refractivity contribution < 1.29 is 31.1 Å². The van der Waals surface area contributed by atoms with Gasteiger partial charge in [0.1, 0.15) is 5.82 Å². The lowest BCUT2D eigenvalue weighted by atomic mass is 10.1. The minimum atomic E-state index is -4.75. The number of hydrogen-bond donors (Lipinski definition) is 1. The number of alkyl halides is 3. The second-order valence-corrected chi connectivity index (χ2v) is 7.98. The van der Waals surface area contributed by atoms with Gasteiger partial charge in [-0.1, -0.05) is 6.07 Å². The van der Waals surface area contributed by atoms with Gasteiger partial charge in [0.2, 0.25) is 0 Å². The van der Waals surface area contributed by atoms with Crippen LogP contribution in [0.2, 0.25) is 0 Å². The lowest BCUT2D eigenvalue weighted by Gasteiger charge is -2.16. The van der Waals surface area contributed by atoms with Crippen LogP contribution in [0.1, 0.15) is 34.1 Å². The number of benzene rings is 1. The monoisotopic (exact) mass is 404 g/mol. The number of rotatable bonds is 5. The number of nitrogens with two attached hydrogens (primary N) is 1. The van der Waals surface area contributed by atoms with Crippen LogP contribution >= 0.6 is 0 Å². The second-order valence-electron chi connectivity index (χ2n) is 5.96. The van der Waals surface area contributed by atoms with Crippen molar-refractivity contribution in [1.82, 2.24) is 4.57 Å². The second kappa shape index (κ2) is 7.26. The lowest BCUT2D eigenvalue weighted by Crippen LogP contribution is -2.15. The van der Waals surface area contributed by atoms with E-state index in [0.29, 0.717) is 11.8 Å². The van der Waals surface area contributed by atoms with Gasteiger partial charge in [-0.15, -0.1) is 0 Å². The van der Waals surface area contributed by atoms with Crippen LogP contribution in [0, 0.1) is 6.92 Å². The van der Waals surface area contributed by atoms with Crippen molar-refractivity contribution in [2.45, 2.75) is 31.5 Å². The van der Waals surface area contributed by atoms with Gasteiger partial charge in [-0.2, -0.15) is 13.2 Å². The number of nitrogens with zero attached hydrogens (tertiary/aromatic N) is 1. The molecule has 10 heteroatoms. The van der Waals surface area contributed by atoms with Gasteiger partial charge in [-0.3, -0.25) is 0 Å². The molecule has 0 atom stereocenters. The summed E-state index contributed by atoms with van der Waals surface area (Å²) in [5.41, 5.74) is 5.13. The van der Waals surface area contributed by atoms with Crippen LogP contribution in [0.5, 0.6) is 0 Å². The molecule has 0 radical (unpaired) electrons. The number of esters is 1. The number of nitrogen functional groups attached to an aromatic ring is 1. The predicted octanol–water partition coefficient (Wildman–Crippen LogP) is 3.03. The molecule has 0 aliphatic rings. The maximum absolute atomic E-state index is 13.4. The highest BCUT2D eigenvalue weighted by molar-refractivity contribution is 7.90. The number of aromatic nitrogens is 1. The molecule has 6 nitrogen and oxygen atoms in total.